The van der Waals surface area contributed by atoms with Gasteiger partial charge in [-0.05, 0) is 67.5 Å². The predicted molar refractivity (Wildman–Crippen MR) is 107 cm³/mol. The summed E-state index contributed by atoms with van der Waals surface area (Å²) in [6.45, 7) is 0. The average Bonchev–Trinajstić information content (AvgIpc) is 3.39. The molecule has 0 unspecified atom stereocenters. The van der Waals surface area contributed by atoms with Crippen molar-refractivity contribution in [1.82, 2.24) is 10.6 Å². The number of rotatable bonds is 4. The lowest BCUT2D eigenvalue weighted by Gasteiger charge is -2.11. The molecule has 0 bridgehead atoms. The summed E-state index contributed by atoms with van der Waals surface area (Å²) in [6.07, 6.45) is 2.08. The molecule has 5 nitrogen and oxygen atoms in total. The third-order valence-corrected chi connectivity index (χ3v) is 4.47. The fourth-order valence-corrected chi connectivity index (χ4v) is 2.91. The lowest BCUT2D eigenvalue weighted by atomic mass is 10.2. The zero-order valence-electron chi connectivity index (χ0n) is 13.5. The van der Waals surface area contributed by atoms with Crippen LogP contribution in [0.4, 0.5) is 5.69 Å². The van der Waals surface area contributed by atoms with Crippen molar-refractivity contribution in [2.45, 2.75) is 18.9 Å². The third-order valence-electron chi connectivity index (χ3n) is 3.72. The topological polar surface area (TPSA) is 70.2 Å². The van der Waals surface area contributed by atoms with Crippen LogP contribution in [0, 0.1) is 0 Å². The van der Waals surface area contributed by atoms with E-state index in [1.54, 1.807) is 30.3 Å². The molecule has 1 saturated carbocycles. The molecule has 0 spiro atoms. The Balaban J connectivity index is 1.57. The van der Waals surface area contributed by atoms with Gasteiger partial charge >= 0.3 is 0 Å². The summed E-state index contributed by atoms with van der Waals surface area (Å²) in [5.74, 6) is -0.531. The molecule has 8 heteroatoms. The van der Waals surface area contributed by atoms with Crippen molar-refractivity contribution < 1.29 is 9.59 Å². The molecule has 2 aromatic carbocycles. The number of anilines is 1. The van der Waals surface area contributed by atoms with Crippen LogP contribution in [0.5, 0.6) is 0 Å². The number of hydrogen-bond donors (Lipinski definition) is 3. The number of carbonyl (C=O) groups is 2. The van der Waals surface area contributed by atoms with Gasteiger partial charge in [-0.1, -0.05) is 23.2 Å². The van der Waals surface area contributed by atoms with E-state index in [9.17, 15) is 9.59 Å². The standard InChI is InChI=1S/C18H15Cl2N3O2S/c19-11-3-8-14(15(20)9-11)17(25)23-18(26)22-13-4-1-10(2-5-13)16(24)21-12-6-7-12/h1-5,8-9,12H,6-7H2,(H,21,24)(H2,22,23,25,26). The maximum atomic E-state index is 12.2. The van der Waals surface area contributed by atoms with Gasteiger partial charge in [-0.25, -0.2) is 0 Å². The Labute approximate surface area is 166 Å². The van der Waals surface area contributed by atoms with Crippen molar-refractivity contribution in [2.75, 3.05) is 5.32 Å². The zero-order chi connectivity index (χ0) is 18.7. The van der Waals surface area contributed by atoms with E-state index in [4.69, 9.17) is 35.4 Å². The fraction of sp³-hybridized carbons (Fsp3) is 0.167. The molecule has 2 aromatic rings. The first-order chi connectivity index (χ1) is 12.4. The molecule has 1 aliphatic rings. The molecule has 0 atom stereocenters. The number of halogens is 2. The summed E-state index contributed by atoms with van der Waals surface area (Å²) in [5, 5.41) is 9.17. The summed E-state index contributed by atoms with van der Waals surface area (Å²) in [5.41, 5.74) is 1.50. The molecule has 1 aliphatic carbocycles. The molecule has 0 saturated heterocycles. The second kappa shape index (κ2) is 8.03. The van der Waals surface area contributed by atoms with Gasteiger partial charge in [0.15, 0.2) is 5.11 Å². The van der Waals surface area contributed by atoms with Crippen molar-refractivity contribution in [2.24, 2.45) is 0 Å². The van der Waals surface area contributed by atoms with Crippen LogP contribution in [-0.2, 0) is 0 Å². The largest absolute Gasteiger partial charge is 0.349 e. The first kappa shape index (κ1) is 18.6. The van der Waals surface area contributed by atoms with E-state index in [-0.39, 0.29) is 21.6 Å². The fourth-order valence-electron chi connectivity index (χ4n) is 2.21. The van der Waals surface area contributed by atoms with E-state index in [1.165, 1.54) is 12.1 Å². The van der Waals surface area contributed by atoms with Gasteiger partial charge < -0.3 is 10.6 Å². The van der Waals surface area contributed by atoms with Crippen molar-refractivity contribution in [1.29, 1.82) is 0 Å². The smallest absolute Gasteiger partial charge is 0.258 e. The number of carbonyl (C=O) groups excluding carboxylic acids is 2. The Bertz CT molecular complexity index is 867. The molecular formula is C18H15Cl2N3O2S. The molecule has 0 heterocycles. The van der Waals surface area contributed by atoms with Crippen molar-refractivity contribution in [3.05, 3.63) is 63.6 Å². The maximum Gasteiger partial charge on any atom is 0.258 e. The van der Waals surface area contributed by atoms with Gasteiger partial charge in [0, 0.05) is 22.3 Å². The van der Waals surface area contributed by atoms with Crippen molar-refractivity contribution in [3.8, 4) is 0 Å². The molecule has 134 valence electrons. The summed E-state index contributed by atoms with van der Waals surface area (Å²) < 4.78 is 0. The normalized spacial score (nSPS) is 13.0. The number of amides is 2. The van der Waals surface area contributed by atoms with Crippen LogP contribution in [0.15, 0.2) is 42.5 Å². The second-order valence-electron chi connectivity index (χ2n) is 5.86. The summed E-state index contributed by atoms with van der Waals surface area (Å²) >= 11 is 17.0. The van der Waals surface area contributed by atoms with Crippen molar-refractivity contribution >= 4 is 58.0 Å². The summed E-state index contributed by atoms with van der Waals surface area (Å²) in [7, 11) is 0. The Kier molecular flexibility index (Phi) is 5.76. The van der Waals surface area contributed by atoms with Gasteiger partial charge in [-0.3, -0.25) is 14.9 Å². The first-order valence-electron chi connectivity index (χ1n) is 7.90. The van der Waals surface area contributed by atoms with E-state index in [2.05, 4.69) is 16.0 Å². The Morgan fingerprint density at radius 3 is 2.31 bits per heavy atom. The average molecular weight is 408 g/mol. The van der Waals surface area contributed by atoms with Crippen LogP contribution in [0.25, 0.3) is 0 Å². The van der Waals surface area contributed by atoms with Crippen LogP contribution < -0.4 is 16.0 Å². The lowest BCUT2D eigenvalue weighted by molar-refractivity contribution is 0.0948. The Hall–Kier alpha value is -2.15. The van der Waals surface area contributed by atoms with Gasteiger partial charge in [0.05, 0.1) is 10.6 Å². The molecule has 0 aromatic heterocycles. The van der Waals surface area contributed by atoms with Crippen LogP contribution in [0.1, 0.15) is 33.6 Å². The molecule has 0 aliphatic heterocycles. The minimum atomic E-state index is -0.440. The monoisotopic (exact) mass is 407 g/mol. The van der Waals surface area contributed by atoms with E-state index in [0.29, 0.717) is 22.3 Å². The first-order valence-corrected chi connectivity index (χ1v) is 9.07. The Morgan fingerprint density at radius 2 is 1.69 bits per heavy atom. The molecule has 3 rings (SSSR count). The predicted octanol–water partition coefficient (Wildman–Crippen LogP) is 4.01. The number of nitrogens with one attached hydrogen (secondary N) is 3. The van der Waals surface area contributed by atoms with Gasteiger partial charge in [-0.2, -0.15) is 0 Å². The second-order valence-corrected chi connectivity index (χ2v) is 7.11. The van der Waals surface area contributed by atoms with E-state index >= 15 is 0 Å². The van der Waals surface area contributed by atoms with E-state index in [1.807, 2.05) is 0 Å². The highest BCUT2D eigenvalue weighted by molar-refractivity contribution is 7.80. The molecule has 3 N–H and O–H groups in total. The van der Waals surface area contributed by atoms with Crippen LogP contribution >= 0.6 is 35.4 Å². The number of hydrogen-bond acceptors (Lipinski definition) is 3. The lowest BCUT2D eigenvalue weighted by Crippen LogP contribution is -2.34. The van der Waals surface area contributed by atoms with Crippen LogP contribution in [-0.4, -0.2) is 23.0 Å². The highest BCUT2D eigenvalue weighted by Gasteiger charge is 2.23. The van der Waals surface area contributed by atoms with E-state index < -0.39 is 5.91 Å². The number of benzene rings is 2. The van der Waals surface area contributed by atoms with E-state index in [0.717, 1.165) is 12.8 Å². The van der Waals surface area contributed by atoms with Gasteiger partial charge in [0.25, 0.3) is 11.8 Å². The molecule has 2 amide bonds. The molecule has 26 heavy (non-hydrogen) atoms. The SMILES string of the molecule is O=C(NC1CC1)c1ccc(NC(=S)NC(=O)c2ccc(Cl)cc2Cl)cc1. The minimum absolute atomic E-state index is 0.0905. The molecule has 1 fully saturated rings. The summed E-state index contributed by atoms with van der Waals surface area (Å²) in [4.78, 5) is 24.2. The zero-order valence-corrected chi connectivity index (χ0v) is 15.8. The van der Waals surface area contributed by atoms with Gasteiger partial charge in [0.1, 0.15) is 0 Å². The highest BCUT2D eigenvalue weighted by Crippen LogP contribution is 2.21. The van der Waals surface area contributed by atoms with Crippen LogP contribution in [0.2, 0.25) is 10.0 Å². The van der Waals surface area contributed by atoms with Gasteiger partial charge in [0.2, 0.25) is 0 Å². The highest BCUT2D eigenvalue weighted by atomic mass is 35.5. The van der Waals surface area contributed by atoms with Crippen molar-refractivity contribution in [3.63, 3.8) is 0 Å². The third kappa shape index (κ3) is 4.94. The van der Waals surface area contributed by atoms with Gasteiger partial charge in [-0.15, -0.1) is 0 Å². The quantitative estimate of drug-likeness (QED) is 0.669. The Morgan fingerprint density at radius 1 is 1.00 bits per heavy atom. The molecular weight excluding hydrogens is 393 g/mol. The number of thiocarbonyl (C=S) groups is 1. The maximum absolute atomic E-state index is 12.2. The summed E-state index contributed by atoms with van der Waals surface area (Å²) in [6, 6.07) is 11.7. The minimum Gasteiger partial charge on any atom is -0.349 e. The molecule has 0 radical (unpaired) electrons. The van der Waals surface area contributed by atoms with Crippen LogP contribution in [0.3, 0.4) is 0 Å².